The number of rotatable bonds is 9. The van der Waals surface area contributed by atoms with E-state index in [0.29, 0.717) is 6.54 Å². The fourth-order valence-corrected chi connectivity index (χ4v) is 4.22. The van der Waals surface area contributed by atoms with Crippen LogP contribution in [0, 0.1) is 0 Å². The van der Waals surface area contributed by atoms with Gasteiger partial charge in [-0.3, -0.25) is 4.90 Å². The zero-order chi connectivity index (χ0) is 22.9. The van der Waals surface area contributed by atoms with Crippen LogP contribution in [0.1, 0.15) is 36.9 Å². The first-order chi connectivity index (χ1) is 16.3. The molecule has 1 unspecified atom stereocenters. The number of benzene rings is 1. The van der Waals surface area contributed by atoms with Gasteiger partial charge in [0, 0.05) is 37.2 Å². The van der Waals surface area contributed by atoms with Crippen molar-refractivity contribution < 1.29 is 4.74 Å². The van der Waals surface area contributed by atoms with Crippen molar-refractivity contribution in [3.05, 3.63) is 72.2 Å². The summed E-state index contributed by atoms with van der Waals surface area (Å²) >= 11 is 0. The molecular formula is C25H33N7O. The maximum atomic E-state index is 5.67. The van der Waals surface area contributed by atoms with E-state index in [2.05, 4.69) is 44.7 Å². The van der Waals surface area contributed by atoms with Crippen LogP contribution < -0.4 is 15.4 Å². The van der Waals surface area contributed by atoms with Crippen LogP contribution in [-0.4, -0.2) is 58.9 Å². The van der Waals surface area contributed by atoms with Crippen LogP contribution in [0.4, 0.5) is 0 Å². The third kappa shape index (κ3) is 5.90. The zero-order valence-electron chi connectivity index (χ0n) is 19.4. The minimum absolute atomic E-state index is 0.222. The molecule has 8 nitrogen and oxygen atoms in total. The van der Waals surface area contributed by atoms with Gasteiger partial charge in [-0.15, -0.1) is 0 Å². The third-order valence-electron chi connectivity index (χ3n) is 5.86. The van der Waals surface area contributed by atoms with E-state index in [-0.39, 0.29) is 6.04 Å². The number of aromatic nitrogens is 3. The maximum absolute atomic E-state index is 5.67. The van der Waals surface area contributed by atoms with Crippen molar-refractivity contribution in [3.63, 3.8) is 0 Å². The fraction of sp³-hybridized carbons (Fsp3) is 0.400. The molecule has 0 aliphatic carbocycles. The summed E-state index contributed by atoms with van der Waals surface area (Å²) in [6.07, 6.45) is 7.91. The van der Waals surface area contributed by atoms with Gasteiger partial charge in [0.15, 0.2) is 11.8 Å². The topological polar surface area (TPSA) is 79.6 Å². The molecule has 0 bridgehead atoms. The second-order valence-corrected chi connectivity index (χ2v) is 8.05. The van der Waals surface area contributed by atoms with Gasteiger partial charge in [0.1, 0.15) is 5.75 Å². The molecule has 0 radical (unpaired) electrons. The molecule has 174 valence electrons. The fourth-order valence-electron chi connectivity index (χ4n) is 4.22. The van der Waals surface area contributed by atoms with Gasteiger partial charge in [0.05, 0.1) is 19.7 Å². The molecule has 2 N–H and O–H groups in total. The van der Waals surface area contributed by atoms with Crippen molar-refractivity contribution in [3.8, 4) is 11.6 Å². The number of nitrogens with zero attached hydrogens (tertiary/aromatic N) is 5. The summed E-state index contributed by atoms with van der Waals surface area (Å²) in [4.78, 5) is 11.8. The molecule has 3 aromatic rings. The van der Waals surface area contributed by atoms with Crippen LogP contribution in [-0.2, 0) is 6.54 Å². The summed E-state index contributed by atoms with van der Waals surface area (Å²) in [5.74, 6) is 2.52. The number of para-hydroxylation sites is 1. The van der Waals surface area contributed by atoms with Crippen molar-refractivity contribution in [1.82, 2.24) is 30.3 Å². The Morgan fingerprint density at radius 2 is 1.97 bits per heavy atom. The van der Waals surface area contributed by atoms with Gasteiger partial charge in [0.25, 0.3) is 0 Å². The SMILES string of the molecule is CCNC(=NCc1ccnc(-n2cccn2)c1)NCC(c1ccccc1OC)N1CCCC1. The number of hydrogen-bond acceptors (Lipinski definition) is 5. The Bertz CT molecular complexity index is 1030. The molecule has 2 aromatic heterocycles. The Balaban J connectivity index is 1.48. The Morgan fingerprint density at radius 3 is 2.73 bits per heavy atom. The highest BCUT2D eigenvalue weighted by atomic mass is 16.5. The lowest BCUT2D eigenvalue weighted by Gasteiger charge is -2.30. The molecule has 1 atom stereocenters. The van der Waals surface area contributed by atoms with E-state index >= 15 is 0 Å². The second-order valence-electron chi connectivity index (χ2n) is 8.05. The third-order valence-corrected chi connectivity index (χ3v) is 5.86. The number of guanidine groups is 1. The average molecular weight is 448 g/mol. The summed E-state index contributed by atoms with van der Waals surface area (Å²) < 4.78 is 7.43. The number of methoxy groups -OCH3 is 1. The van der Waals surface area contributed by atoms with Gasteiger partial charge >= 0.3 is 0 Å². The average Bonchev–Trinajstić information content (AvgIpc) is 3.58. The number of likely N-dealkylation sites (tertiary alicyclic amines) is 1. The number of ether oxygens (including phenoxy) is 1. The predicted molar refractivity (Wildman–Crippen MR) is 131 cm³/mol. The van der Waals surface area contributed by atoms with Gasteiger partial charge < -0.3 is 15.4 Å². The second kappa shape index (κ2) is 11.5. The molecule has 3 heterocycles. The van der Waals surface area contributed by atoms with Gasteiger partial charge in [-0.2, -0.15) is 5.10 Å². The number of pyridine rings is 1. The molecule has 0 amide bonds. The first-order valence-electron chi connectivity index (χ1n) is 11.6. The van der Waals surface area contributed by atoms with Crippen molar-refractivity contribution in [2.24, 2.45) is 4.99 Å². The smallest absolute Gasteiger partial charge is 0.191 e. The summed E-state index contributed by atoms with van der Waals surface area (Å²) in [5, 5.41) is 11.2. The predicted octanol–water partition coefficient (Wildman–Crippen LogP) is 3.17. The summed E-state index contributed by atoms with van der Waals surface area (Å²) in [7, 11) is 1.74. The van der Waals surface area contributed by atoms with Crippen LogP contribution in [0.15, 0.2) is 66.0 Å². The van der Waals surface area contributed by atoms with Crippen molar-refractivity contribution >= 4 is 5.96 Å². The van der Waals surface area contributed by atoms with E-state index in [1.165, 1.54) is 18.4 Å². The molecule has 1 aliphatic rings. The van der Waals surface area contributed by atoms with E-state index in [9.17, 15) is 0 Å². The lowest BCUT2D eigenvalue weighted by molar-refractivity contribution is 0.239. The Labute approximate surface area is 195 Å². The van der Waals surface area contributed by atoms with Gasteiger partial charge in [-0.05, 0) is 62.7 Å². The van der Waals surface area contributed by atoms with Crippen molar-refractivity contribution in [1.29, 1.82) is 0 Å². The number of nitrogens with one attached hydrogen (secondary N) is 2. The van der Waals surface area contributed by atoms with Gasteiger partial charge in [-0.1, -0.05) is 18.2 Å². The molecule has 1 saturated heterocycles. The van der Waals surface area contributed by atoms with Crippen molar-refractivity contribution in [2.45, 2.75) is 32.4 Å². The van der Waals surface area contributed by atoms with Crippen LogP contribution in [0.2, 0.25) is 0 Å². The van der Waals surface area contributed by atoms with Crippen LogP contribution in [0.5, 0.6) is 5.75 Å². The van der Waals surface area contributed by atoms with Crippen LogP contribution >= 0.6 is 0 Å². The van der Waals surface area contributed by atoms with E-state index in [1.807, 2.05) is 36.5 Å². The minimum Gasteiger partial charge on any atom is -0.496 e. The summed E-state index contributed by atoms with van der Waals surface area (Å²) in [6, 6.07) is 14.4. The quantitative estimate of drug-likeness (QED) is 0.387. The highest BCUT2D eigenvalue weighted by Crippen LogP contribution is 2.31. The minimum atomic E-state index is 0.222. The standard InChI is InChI=1S/C25H33N7O/c1-3-26-25(28-18-20-11-13-27-24(17-20)32-16-8-12-30-32)29-19-22(31-14-6-7-15-31)21-9-4-5-10-23(21)33-2/h4-5,8-13,16-17,22H,3,6-7,14-15,18-19H2,1-2H3,(H2,26,28,29). The van der Waals surface area contributed by atoms with Crippen molar-refractivity contribution in [2.75, 3.05) is 33.3 Å². The van der Waals surface area contributed by atoms with E-state index in [4.69, 9.17) is 9.73 Å². The number of aliphatic imine (C=N–C) groups is 1. The van der Waals surface area contributed by atoms with Gasteiger partial charge in [0.2, 0.25) is 0 Å². The Hall–Kier alpha value is -3.39. The largest absolute Gasteiger partial charge is 0.496 e. The van der Waals surface area contributed by atoms with E-state index in [1.54, 1.807) is 24.2 Å². The van der Waals surface area contributed by atoms with Gasteiger partial charge in [-0.25, -0.2) is 14.7 Å². The number of hydrogen-bond donors (Lipinski definition) is 2. The highest BCUT2D eigenvalue weighted by Gasteiger charge is 2.26. The lowest BCUT2D eigenvalue weighted by atomic mass is 10.0. The molecule has 1 aliphatic heterocycles. The molecule has 4 rings (SSSR count). The highest BCUT2D eigenvalue weighted by molar-refractivity contribution is 5.79. The summed E-state index contributed by atoms with van der Waals surface area (Å²) in [6.45, 7) is 6.38. The first kappa shape index (κ1) is 22.8. The molecular weight excluding hydrogens is 414 g/mol. The molecule has 33 heavy (non-hydrogen) atoms. The molecule has 0 spiro atoms. The lowest BCUT2D eigenvalue weighted by Crippen LogP contribution is -2.42. The zero-order valence-corrected chi connectivity index (χ0v) is 19.4. The Morgan fingerprint density at radius 1 is 1.12 bits per heavy atom. The Kier molecular flexibility index (Phi) is 7.92. The first-order valence-corrected chi connectivity index (χ1v) is 11.6. The van der Waals surface area contributed by atoms with E-state index < -0.39 is 0 Å². The normalized spacial score (nSPS) is 15.4. The van der Waals surface area contributed by atoms with Crippen LogP contribution in [0.3, 0.4) is 0 Å². The maximum Gasteiger partial charge on any atom is 0.191 e. The molecule has 0 saturated carbocycles. The van der Waals surface area contributed by atoms with Crippen LogP contribution in [0.25, 0.3) is 5.82 Å². The molecule has 8 heteroatoms. The molecule has 1 fully saturated rings. The van der Waals surface area contributed by atoms with E-state index in [0.717, 1.165) is 49.3 Å². The summed E-state index contributed by atoms with van der Waals surface area (Å²) in [5.41, 5.74) is 2.29. The monoisotopic (exact) mass is 447 g/mol. The molecule has 1 aromatic carbocycles.